The van der Waals surface area contributed by atoms with Gasteiger partial charge in [-0.25, -0.2) is 4.79 Å². The lowest BCUT2D eigenvalue weighted by Gasteiger charge is -2.20. The van der Waals surface area contributed by atoms with E-state index in [4.69, 9.17) is 4.52 Å². The number of rotatable bonds is 5. The number of nitrogens with one attached hydrogen (secondary N) is 1. The van der Waals surface area contributed by atoms with Crippen LogP contribution >= 0.6 is 15.9 Å². The van der Waals surface area contributed by atoms with Crippen molar-refractivity contribution in [3.63, 3.8) is 0 Å². The summed E-state index contributed by atoms with van der Waals surface area (Å²) in [4.78, 5) is 15.8. The van der Waals surface area contributed by atoms with Crippen molar-refractivity contribution >= 4 is 33.0 Å². The highest BCUT2D eigenvalue weighted by Gasteiger charge is 2.22. The van der Waals surface area contributed by atoms with Crippen LogP contribution in [-0.4, -0.2) is 21.3 Å². The number of fused-ring (bicyclic) bond motifs is 1. The van der Waals surface area contributed by atoms with E-state index in [9.17, 15) is 9.90 Å². The van der Waals surface area contributed by atoms with Gasteiger partial charge in [-0.15, -0.1) is 0 Å². The van der Waals surface area contributed by atoms with Crippen molar-refractivity contribution in [3.8, 4) is 11.3 Å². The molecule has 0 bridgehead atoms. The van der Waals surface area contributed by atoms with Gasteiger partial charge in [-0.05, 0) is 29.8 Å². The molecule has 4 rings (SSSR count). The van der Waals surface area contributed by atoms with Gasteiger partial charge in [-0.1, -0.05) is 57.5 Å². The predicted octanol–water partition coefficient (Wildman–Crippen LogP) is 5.20. The van der Waals surface area contributed by atoms with E-state index in [0.29, 0.717) is 17.7 Å². The van der Waals surface area contributed by atoms with Gasteiger partial charge < -0.3 is 14.9 Å². The first-order chi connectivity index (χ1) is 13.6. The number of benzene rings is 2. The van der Waals surface area contributed by atoms with Crippen molar-refractivity contribution in [2.45, 2.75) is 12.5 Å². The van der Waals surface area contributed by atoms with Gasteiger partial charge in [-0.3, -0.25) is 4.98 Å². The molecule has 2 aromatic heterocycles. The average Bonchev–Trinajstić information content (AvgIpc) is 3.11. The maximum atomic E-state index is 11.5. The summed E-state index contributed by atoms with van der Waals surface area (Å²) in [6.45, 7) is 0. The molecule has 0 fully saturated rings. The second-order valence-corrected chi connectivity index (χ2v) is 7.20. The Bertz CT molecular complexity index is 1140. The predicted molar refractivity (Wildman–Crippen MR) is 109 cm³/mol. The molecule has 7 heteroatoms. The summed E-state index contributed by atoms with van der Waals surface area (Å²) in [6, 6.07) is 18.4. The molecular weight excluding hydrogens is 422 g/mol. The number of hydrogen-bond donors (Lipinski definition) is 2. The van der Waals surface area contributed by atoms with Crippen LogP contribution in [-0.2, 0) is 6.42 Å². The Morgan fingerprint density at radius 2 is 1.93 bits per heavy atom. The third-order valence-electron chi connectivity index (χ3n) is 4.46. The van der Waals surface area contributed by atoms with Crippen LogP contribution in [0.3, 0.4) is 0 Å². The lowest BCUT2D eigenvalue weighted by molar-refractivity contribution is 0.190. The molecule has 0 unspecified atom stereocenters. The summed E-state index contributed by atoms with van der Waals surface area (Å²) in [5, 5.41) is 17.1. The monoisotopic (exact) mass is 437 g/mol. The smallest absolute Gasteiger partial charge is 0.405 e. The van der Waals surface area contributed by atoms with E-state index in [0.717, 1.165) is 26.7 Å². The summed E-state index contributed by atoms with van der Waals surface area (Å²) in [5.74, 6) is 0. The Kier molecular flexibility index (Phi) is 5.08. The van der Waals surface area contributed by atoms with Gasteiger partial charge in [0.05, 0.1) is 6.04 Å². The van der Waals surface area contributed by atoms with Crippen LogP contribution < -0.4 is 5.32 Å². The number of para-hydroxylation sites is 1. The minimum Gasteiger partial charge on any atom is -0.465 e. The standard InChI is InChI=1S/C21H16BrN3O3/c22-13-9-10-23-14(11-13)12-18(24-21(26)27)15-5-1-2-6-16(15)20-17-7-3-4-8-19(17)28-25-20/h1-11,18,24H,12H2,(H,26,27)/t18-/m0/s1. The Morgan fingerprint density at radius 3 is 2.75 bits per heavy atom. The fourth-order valence-electron chi connectivity index (χ4n) is 3.25. The molecule has 1 atom stereocenters. The van der Waals surface area contributed by atoms with Crippen LogP contribution in [0.25, 0.3) is 22.2 Å². The van der Waals surface area contributed by atoms with Crippen LogP contribution in [0.15, 0.2) is 75.9 Å². The molecule has 4 aromatic rings. The molecule has 6 nitrogen and oxygen atoms in total. The van der Waals surface area contributed by atoms with Crippen molar-refractivity contribution in [1.29, 1.82) is 0 Å². The van der Waals surface area contributed by atoms with Crippen LogP contribution in [0.5, 0.6) is 0 Å². The van der Waals surface area contributed by atoms with Crippen molar-refractivity contribution in [2.75, 3.05) is 0 Å². The van der Waals surface area contributed by atoms with E-state index in [1.807, 2.05) is 60.7 Å². The zero-order valence-corrected chi connectivity index (χ0v) is 16.3. The van der Waals surface area contributed by atoms with Gasteiger partial charge in [-0.2, -0.15) is 0 Å². The summed E-state index contributed by atoms with van der Waals surface area (Å²) in [5.41, 5.74) is 3.77. The highest BCUT2D eigenvalue weighted by molar-refractivity contribution is 9.10. The Balaban J connectivity index is 1.80. The minimum atomic E-state index is -1.10. The number of hydrogen-bond acceptors (Lipinski definition) is 4. The molecule has 1 amide bonds. The maximum Gasteiger partial charge on any atom is 0.405 e. The zero-order chi connectivity index (χ0) is 19.5. The fraction of sp³-hybridized carbons (Fsp3) is 0.0952. The van der Waals surface area contributed by atoms with Gasteiger partial charge in [0, 0.05) is 33.7 Å². The molecule has 0 radical (unpaired) electrons. The van der Waals surface area contributed by atoms with E-state index >= 15 is 0 Å². The Hall–Kier alpha value is -3.19. The first-order valence-corrected chi connectivity index (χ1v) is 9.45. The first-order valence-electron chi connectivity index (χ1n) is 8.65. The lowest BCUT2D eigenvalue weighted by atomic mass is 9.93. The molecule has 140 valence electrons. The van der Waals surface area contributed by atoms with Crippen molar-refractivity contribution in [1.82, 2.24) is 15.5 Å². The molecule has 2 heterocycles. The molecular formula is C21H16BrN3O3. The number of pyridine rings is 1. The summed E-state index contributed by atoms with van der Waals surface area (Å²) in [6.07, 6.45) is 0.993. The number of carboxylic acid groups (broad SMARTS) is 1. The van der Waals surface area contributed by atoms with Crippen molar-refractivity contribution in [2.24, 2.45) is 0 Å². The van der Waals surface area contributed by atoms with Gasteiger partial charge in [0.1, 0.15) is 5.69 Å². The summed E-state index contributed by atoms with van der Waals surface area (Å²) >= 11 is 3.43. The summed E-state index contributed by atoms with van der Waals surface area (Å²) in [7, 11) is 0. The quantitative estimate of drug-likeness (QED) is 0.447. The molecule has 0 aliphatic rings. The number of aromatic nitrogens is 2. The van der Waals surface area contributed by atoms with Crippen LogP contribution in [0.2, 0.25) is 0 Å². The first kappa shape index (κ1) is 18.2. The van der Waals surface area contributed by atoms with Gasteiger partial charge in [0.15, 0.2) is 5.58 Å². The highest BCUT2D eigenvalue weighted by Crippen LogP contribution is 2.34. The largest absolute Gasteiger partial charge is 0.465 e. The molecule has 0 aliphatic heterocycles. The normalized spacial score (nSPS) is 12.0. The molecule has 0 aliphatic carbocycles. The van der Waals surface area contributed by atoms with E-state index in [1.165, 1.54) is 0 Å². The SMILES string of the molecule is O=C(O)N[C@@H](Cc1cc(Br)ccn1)c1ccccc1-c1noc2ccccc12. The average molecular weight is 438 g/mol. The van der Waals surface area contributed by atoms with Gasteiger partial charge in [0.2, 0.25) is 0 Å². The Labute approximate surface area is 169 Å². The number of carbonyl (C=O) groups is 1. The number of nitrogens with zero attached hydrogens (tertiary/aromatic N) is 2. The maximum absolute atomic E-state index is 11.5. The second-order valence-electron chi connectivity index (χ2n) is 6.29. The third kappa shape index (κ3) is 3.75. The molecule has 0 saturated heterocycles. The Morgan fingerprint density at radius 1 is 1.14 bits per heavy atom. The molecule has 2 aromatic carbocycles. The molecule has 0 saturated carbocycles. The lowest BCUT2D eigenvalue weighted by Crippen LogP contribution is -2.29. The summed E-state index contributed by atoms with van der Waals surface area (Å²) < 4.78 is 6.34. The fourth-order valence-corrected chi connectivity index (χ4v) is 3.64. The van der Waals surface area contributed by atoms with Gasteiger partial charge >= 0.3 is 6.09 Å². The minimum absolute atomic E-state index is 0.401. The second kappa shape index (κ2) is 7.82. The zero-order valence-electron chi connectivity index (χ0n) is 14.7. The van der Waals surface area contributed by atoms with Crippen LogP contribution in [0, 0.1) is 0 Å². The molecule has 0 spiro atoms. The van der Waals surface area contributed by atoms with Gasteiger partial charge in [0.25, 0.3) is 0 Å². The number of halogens is 1. The van der Waals surface area contributed by atoms with E-state index in [1.54, 1.807) is 6.20 Å². The van der Waals surface area contributed by atoms with Crippen molar-refractivity contribution < 1.29 is 14.4 Å². The highest BCUT2D eigenvalue weighted by atomic mass is 79.9. The van der Waals surface area contributed by atoms with Crippen LogP contribution in [0.1, 0.15) is 17.3 Å². The van der Waals surface area contributed by atoms with Crippen LogP contribution in [0.4, 0.5) is 4.79 Å². The molecule has 28 heavy (non-hydrogen) atoms. The van der Waals surface area contributed by atoms with E-state index < -0.39 is 12.1 Å². The number of amides is 1. The van der Waals surface area contributed by atoms with E-state index in [2.05, 4.69) is 31.4 Å². The molecule has 2 N–H and O–H groups in total. The van der Waals surface area contributed by atoms with Crippen molar-refractivity contribution in [3.05, 3.63) is 82.6 Å². The topological polar surface area (TPSA) is 88.2 Å². The third-order valence-corrected chi connectivity index (χ3v) is 4.95. The van der Waals surface area contributed by atoms with E-state index in [-0.39, 0.29) is 0 Å².